The van der Waals surface area contributed by atoms with Crippen molar-refractivity contribution in [3.05, 3.63) is 57.1 Å². The lowest BCUT2D eigenvalue weighted by Gasteiger charge is -2.02. The predicted molar refractivity (Wildman–Crippen MR) is 80.5 cm³/mol. The smallest absolute Gasteiger partial charge is 0.271 e. The molecule has 0 aliphatic heterocycles. The molecule has 23 heavy (non-hydrogen) atoms. The Morgan fingerprint density at radius 3 is 2.65 bits per heavy atom. The van der Waals surface area contributed by atoms with Gasteiger partial charge in [0.05, 0.1) is 11.1 Å². The largest absolute Gasteiger partial charge is 0.312 e. The summed E-state index contributed by atoms with van der Waals surface area (Å²) in [6.45, 7) is 2.83. The number of amides is 1. The molecule has 9 heteroatoms. The van der Waals surface area contributed by atoms with E-state index in [0.29, 0.717) is 11.3 Å². The number of hydrazone groups is 1. The molecular weight excluding hydrogens is 305 g/mol. The summed E-state index contributed by atoms with van der Waals surface area (Å²) in [6.07, 6.45) is 1.36. The molecule has 2 rings (SSSR count). The van der Waals surface area contributed by atoms with Crippen molar-refractivity contribution in [2.24, 2.45) is 5.10 Å². The quantitative estimate of drug-likeness (QED) is 0.514. The molecule has 1 amide bonds. The summed E-state index contributed by atoms with van der Waals surface area (Å²) in [5.41, 5.74) is 3.34. The van der Waals surface area contributed by atoms with E-state index in [2.05, 4.69) is 15.6 Å². The van der Waals surface area contributed by atoms with Crippen molar-refractivity contribution in [3.8, 4) is 0 Å². The molecule has 0 unspecified atom stereocenters. The van der Waals surface area contributed by atoms with Crippen molar-refractivity contribution in [3.63, 3.8) is 0 Å². The van der Waals surface area contributed by atoms with Gasteiger partial charge >= 0.3 is 5.69 Å². The van der Waals surface area contributed by atoms with Gasteiger partial charge in [-0.05, 0) is 31.5 Å². The van der Waals surface area contributed by atoms with Gasteiger partial charge in [-0.15, -0.1) is 0 Å². The Morgan fingerprint density at radius 1 is 1.43 bits per heavy atom. The Bertz CT molecular complexity index is 767. The molecule has 1 heterocycles. The number of aromatic nitrogens is 2. The molecule has 0 bridgehead atoms. The first-order valence-electron chi connectivity index (χ1n) is 6.64. The van der Waals surface area contributed by atoms with Gasteiger partial charge in [-0.25, -0.2) is 9.82 Å². The Labute approximate surface area is 130 Å². The van der Waals surface area contributed by atoms with Crippen molar-refractivity contribution in [1.29, 1.82) is 0 Å². The van der Waals surface area contributed by atoms with Gasteiger partial charge in [-0.1, -0.05) is 12.1 Å². The van der Waals surface area contributed by atoms with E-state index in [1.54, 1.807) is 0 Å². The molecule has 0 radical (unpaired) electrons. The molecule has 0 aliphatic rings. The van der Waals surface area contributed by atoms with Crippen LogP contribution in [0.3, 0.4) is 0 Å². The summed E-state index contributed by atoms with van der Waals surface area (Å²) >= 11 is 0. The summed E-state index contributed by atoms with van der Waals surface area (Å²) < 4.78 is 14.0. The van der Waals surface area contributed by atoms with E-state index >= 15 is 0 Å². The SMILES string of the molecule is Cc1nn(CC(=O)N/N=C/c2ccc(F)cc2)c(C)c1[N+](=O)[O-]. The molecule has 0 aliphatic carbocycles. The average molecular weight is 319 g/mol. The summed E-state index contributed by atoms with van der Waals surface area (Å²) in [7, 11) is 0. The topological polar surface area (TPSA) is 102 Å². The predicted octanol–water partition coefficient (Wildman–Crippen LogP) is 1.70. The van der Waals surface area contributed by atoms with Crippen LogP contribution in [0.2, 0.25) is 0 Å². The zero-order valence-corrected chi connectivity index (χ0v) is 12.5. The van der Waals surface area contributed by atoms with Crippen molar-refractivity contribution in [1.82, 2.24) is 15.2 Å². The van der Waals surface area contributed by atoms with Crippen molar-refractivity contribution in [2.75, 3.05) is 0 Å². The number of rotatable bonds is 5. The van der Waals surface area contributed by atoms with E-state index in [1.165, 1.54) is 49.0 Å². The number of halogens is 1. The highest BCUT2D eigenvalue weighted by molar-refractivity contribution is 5.82. The molecule has 0 saturated heterocycles. The van der Waals surface area contributed by atoms with Crippen molar-refractivity contribution in [2.45, 2.75) is 20.4 Å². The first-order chi connectivity index (χ1) is 10.9. The number of hydrogen-bond acceptors (Lipinski definition) is 5. The van der Waals surface area contributed by atoms with Crippen molar-refractivity contribution >= 4 is 17.8 Å². The monoisotopic (exact) mass is 319 g/mol. The van der Waals surface area contributed by atoms with E-state index < -0.39 is 10.8 Å². The molecule has 0 fully saturated rings. The first kappa shape index (κ1) is 16.3. The number of nitrogens with one attached hydrogen (secondary N) is 1. The second kappa shape index (κ2) is 6.77. The average Bonchev–Trinajstić information content (AvgIpc) is 2.75. The number of nitro groups is 1. The lowest BCUT2D eigenvalue weighted by Crippen LogP contribution is -2.24. The van der Waals surface area contributed by atoms with Crippen LogP contribution in [-0.2, 0) is 11.3 Å². The normalized spacial score (nSPS) is 10.9. The zero-order valence-electron chi connectivity index (χ0n) is 12.5. The Hall–Kier alpha value is -3.10. The Morgan fingerprint density at radius 2 is 2.09 bits per heavy atom. The van der Waals surface area contributed by atoms with Crippen LogP contribution in [0.4, 0.5) is 10.1 Å². The second-order valence-corrected chi connectivity index (χ2v) is 4.78. The molecule has 1 aromatic carbocycles. The lowest BCUT2D eigenvalue weighted by molar-refractivity contribution is -0.386. The van der Waals surface area contributed by atoms with Gasteiger partial charge in [0.2, 0.25) is 0 Å². The van der Waals surface area contributed by atoms with E-state index in [9.17, 15) is 19.3 Å². The van der Waals surface area contributed by atoms with Crippen LogP contribution in [0.15, 0.2) is 29.4 Å². The van der Waals surface area contributed by atoms with Crippen LogP contribution in [0.5, 0.6) is 0 Å². The van der Waals surface area contributed by atoms with Crippen LogP contribution < -0.4 is 5.43 Å². The maximum Gasteiger partial charge on any atom is 0.312 e. The summed E-state index contributed by atoms with van der Waals surface area (Å²) in [5, 5.41) is 18.6. The van der Waals surface area contributed by atoms with Crippen LogP contribution in [-0.4, -0.2) is 26.8 Å². The fraction of sp³-hybridized carbons (Fsp3) is 0.214. The third-order valence-corrected chi connectivity index (χ3v) is 3.09. The number of nitrogens with zero attached hydrogens (tertiary/aromatic N) is 4. The van der Waals surface area contributed by atoms with E-state index in [0.717, 1.165) is 0 Å². The van der Waals surface area contributed by atoms with Crippen LogP contribution in [0, 0.1) is 29.8 Å². The first-order valence-corrected chi connectivity index (χ1v) is 6.64. The molecule has 8 nitrogen and oxygen atoms in total. The van der Waals surface area contributed by atoms with Crippen LogP contribution in [0.1, 0.15) is 17.0 Å². The van der Waals surface area contributed by atoms with E-state index in [1.807, 2.05) is 0 Å². The highest BCUT2D eigenvalue weighted by atomic mass is 19.1. The molecule has 0 atom stereocenters. The number of carbonyl (C=O) groups is 1. The van der Waals surface area contributed by atoms with Gasteiger partial charge in [0.25, 0.3) is 5.91 Å². The highest BCUT2D eigenvalue weighted by Gasteiger charge is 2.22. The minimum Gasteiger partial charge on any atom is -0.271 e. The van der Waals surface area contributed by atoms with Crippen LogP contribution >= 0.6 is 0 Å². The van der Waals surface area contributed by atoms with Gasteiger partial charge in [0.15, 0.2) is 0 Å². The molecule has 2 aromatic rings. The third-order valence-electron chi connectivity index (χ3n) is 3.09. The number of aryl methyl sites for hydroxylation is 1. The fourth-order valence-corrected chi connectivity index (χ4v) is 2.00. The number of hydrogen-bond donors (Lipinski definition) is 1. The number of carbonyl (C=O) groups excluding carboxylic acids is 1. The van der Waals surface area contributed by atoms with Gasteiger partial charge in [0, 0.05) is 0 Å². The Balaban J connectivity index is 1.99. The summed E-state index contributed by atoms with van der Waals surface area (Å²) in [6, 6.07) is 5.57. The van der Waals surface area contributed by atoms with Crippen molar-refractivity contribution < 1.29 is 14.1 Å². The molecular formula is C14H14FN5O3. The highest BCUT2D eigenvalue weighted by Crippen LogP contribution is 2.21. The van der Waals surface area contributed by atoms with Gasteiger partial charge in [-0.2, -0.15) is 10.2 Å². The summed E-state index contributed by atoms with van der Waals surface area (Å²) in [5.74, 6) is -0.846. The summed E-state index contributed by atoms with van der Waals surface area (Å²) in [4.78, 5) is 22.2. The van der Waals surface area contributed by atoms with Gasteiger partial charge in [-0.3, -0.25) is 19.6 Å². The molecule has 120 valence electrons. The molecule has 1 aromatic heterocycles. The van der Waals surface area contributed by atoms with Crippen LogP contribution in [0.25, 0.3) is 0 Å². The number of benzene rings is 1. The van der Waals surface area contributed by atoms with E-state index in [4.69, 9.17) is 0 Å². The molecule has 1 N–H and O–H groups in total. The zero-order chi connectivity index (χ0) is 17.0. The minimum absolute atomic E-state index is 0.104. The maximum absolute atomic E-state index is 12.7. The van der Waals surface area contributed by atoms with E-state index in [-0.39, 0.29) is 23.7 Å². The second-order valence-electron chi connectivity index (χ2n) is 4.78. The standard InChI is InChI=1S/C14H14FN5O3/c1-9-14(20(22)23)10(2)19(18-9)8-13(21)17-16-7-11-3-5-12(15)6-4-11/h3-7H,8H2,1-2H3,(H,17,21)/b16-7+. The molecule has 0 spiro atoms. The molecule has 0 saturated carbocycles. The third kappa shape index (κ3) is 3.96. The fourth-order valence-electron chi connectivity index (χ4n) is 2.00. The maximum atomic E-state index is 12.7. The van der Waals surface area contributed by atoms with Gasteiger partial charge in [0.1, 0.15) is 23.7 Å². The minimum atomic E-state index is -0.529. The lowest BCUT2D eigenvalue weighted by atomic mass is 10.2. The van der Waals surface area contributed by atoms with Gasteiger partial charge < -0.3 is 0 Å². The Kier molecular flexibility index (Phi) is 4.79.